The lowest BCUT2D eigenvalue weighted by Crippen LogP contribution is -2.21. The third-order valence-electron chi connectivity index (χ3n) is 4.35. The SMILES string of the molecule is C=C1C(=O)O[C@H]2/C=C(\C)C(C(C)=O)C/C=C(\C)CC(=C=O)[C@@H]12. The highest BCUT2D eigenvalue weighted by molar-refractivity contribution is 5.92. The molecule has 0 aromatic rings. The number of ether oxygens (including phenoxy) is 1. The van der Waals surface area contributed by atoms with E-state index in [4.69, 9.17) is 4.74 Å². The Kier molecular flexibility index (Phi) is 4.62. The molecule has 3 atom stereocenters. The van der Waals surface area contributed by atoms with E-state index in [2.05, 4.69) is 6.58 Å². The second-order valence-corrected chi connectivity index (χ2v) is 6.04. The van der Waals surface area contributed by atoms with E-state index in [0.717, 1.165) is 11.1 Å². The Balaban J connectivity index is 2.53. The van der Waals surface area contributed by atoms with Crippen molar-refractivity contribution in [1.29, 1.82) is 0 Å². The molecule has 0 aromatic carbocycles. The van der Waals surface area contributed by atoms with Crippen LogP contribution >= 0.6 is 0 Å². The monoisotopic (exact) mass is 300 g/mol. The van der Waals surface area contributed by atoms with Crippen LogP contribution in [0.1, 0.15) is 33.6 Å². The summed E-state index contributed by atoms with van der Waals surface area (Å²) >= 11 is 0. The topological polar surface area (TPSA) is 60.4 Å². The zero-order valence-electron chi connectivity index (χ0n) is 13.1. The third-order valence-corrected chi connectivity index (χ3v) is 4.35. The molecule has 2 rings (SSSR count). The molecule has 4 nitrogen and oxygen atoms in total. The van der Waals surface area contributed by atoms with Crippen LogP contribution in [0.25, 0.3) is 0 Å². The predicted molar refractivity (Wildman–Crippen MR) is 82.6 cm³/mol. The molecule has 0 bridgehead atoms. The molecule has 1 unspecified atom stereocenters. The van der Waals surface area contributed by atoms with Gasteiger partial charge in [-0.1, -0.05) is 23.8 Å². The molecular weight excluding hydrogens is 280 g/mol. The van der Waals surface area contributed by atoms with Crippen LogP contribution in [0.15, 0.2) is 41.0 Å². The summed E-state index contributed by atoms with van der Waals surface area (Å²) < 4.78 is 5.33. The van der Waals surface area contributed by atoms with E-state index in [-0.39, 0.29) is 17.3 Å². The minimum Gasteiger partial charge on any atom is -0.454 e. The zero-order valence-corrected chi connectivity index (χ0v) is 13.1. The molecule has 116 valence electrons. The van der Waals surface area contributed by atoms with Crippen LogP contribution in [0.3, 0.4) is 0 Å². The average Bonchev–Trinajstić information content (AvgIpc) is 2.71. The first-order valence-electron chi connectivity index (χ1n) is 7.33. The van der Waals surface area contributed by atoms with Crippen molar-refractivity contribution in [2.24, 2.45) is 11.8 Å². The maximum absolute atomic E-state index is 11.9. The van der Waals surface area contributed by atoms with Crippen LogP contribution in [0.2, 0.25) is 0 Å². The van der Waals surface area contributed by atoms with E-state index in [1.54, 1.807) is 13.0 Å². The van der Waals surface area contributed by atoms with Gasteiger partial charge in [-0.05, 0) is 33.3 Å². The van der Waals surface area contributed by atoms with Crippen LogP contribution in [0, 0.1) is 11.8 Å². The summed E-state index contributed by atoms with van der Waals surface area (Å²) in [5.41, 5.74) is 2.58. The smallest absolute Gasteiger partial charge is 0.334 e. The molecule has 22 heavy (non-hydrogen) atoms. The van der Waals surface area contributed by atoms with Gasteiger partial charge in [0.1, 0.15) is 17.8 Å². The van der Waals surface area contributed by atoms with E-state index < -0.39 is 18.0 Å². The van der Waals surface area contributed by atoms with Crippen molar-refractivity contribution in [3.8, 4) is 0 Å². The van der Waals surface area contributed by atoms with Crippen LogP contribution in [-0.4, -0.2) is 23.8 Å². The largest absolute Gasteiger partial charge is 0.454 e. The van der Waals surface area contributed by atoms with Gasteiger partial charge in [0, 0.05) is 23.5 Å². The number of hydrogen-bond acceptors (Lipinski definition) is 4. The molecular formula is C18H20O4. The molecule has 0 aromatic heterocycles. The summed E-state index contributed by atoms with van der Waals surface area (Å²) in [6.45, 7) is 9.08. The molecule has 1 aliphatic heterocycles. The second-order valence-electron chi connectivity index (χ2n) is 6.04. The van der Waals surface area contributed by atoms with Gasteiger partial charge in [0.25, 0.3) is 0 Å². The zero-order chi connectivity index (χ0) is 16.4. The van der Waals surface area contributed by atoms with E-state index in [9.17, 15) is 14.4 Å². The van der Waals surface area contributed by atoms with Gasteiger partial charge in [-0.2, -0.15) is 0 Å². The van der Waals surface area contributed by atoms with Crippen LogP contribution in [-0.2, 0) is 19.1 Å². The van der Waals surface area contributed by atoms with Crippen molar-refractivity contribution in [2.75, 3.05) is 0 Å². The number of carbonyl (C=O) groups is 2. The Morgan fingerprint density at radius 1 is 1.41 bits per heavy atom. The van der Waals surface area contributed by atoms with Gasteiger partial charge < -0.3 is 4.74 Å². The number of Topliss-reactive ketones (excluding diaryl/α,β-unsaturated/α-hetero) is 1. The number of hydrogen-bond donors (Lipinski definition) is 0. The number of allylic oxidation sites excluding steroid dienone is 3. The van der Waals surface area contributed by atoms with Gasteiger partial charge in [-0.3, -0.25) is 4.79 Å². The average molecular weight is 300 g/mol. The van der Waals surface area contributed by atoms with E-state index in [1.165, 1.54) is 0 Å². The quantitative estimate of drug-likeness (QED) is 0.323. The summed E-state index contributed by atoms with van der Waals surface area (Å²) in [4.78, 5) is 35.0. The van der Waals surface area contributed by atoms with Crippen molar-refractivity contribution in [3.63, 3.8) is 0 Å². The highest BCUT2D eigenvalue weighted by Crippen LogP contribution is 2.37. The normalized spacial score (nSPS) is 33.8. The Morgan fingerprint density at radius 3 is 2.68 bits per heavy atom. The molecule has 0 radical (unpaired) electrons. The number of esters is 1. The van der Waals surface area contributed by atoms with E-state index in [0.29, 0.717) is 18.4 Å². The van der Waals surface area contributed by atoms with Gasteiger partial charge >= 0.3 is 5.97 Å². The highest BCUT2D eigenvalue weighted by Gasteiger charge is 2.41. The Hall–Kier alpha value is -2.19. The Bertz CT molecular complexity index is 644. The van der Waals surface area contributed by atoms with Crippen LogP contribution in [0.5, 0.6) is 0 Å². The van der Waals surface area contributed by atoms with E-state index >= 15 is 0 Å². The lowest BCUT2D eigenvalue weighted by molar-refractivity contribution is -0.137. The van der Waals surface area contributed by atoms with Crippen molar-refractivity contribution < 1.29 is 19.1 Å². The van der Waals surface area contributed by atoms with Gasteiger partial charge in [0.05, 0.1) is 5.92 Å². The van der Waals surface area contributed by atoms with Crippen molar-refractivity contribution >= 4 is 17.7 Å². The maximum atomic E-state index is 11.9. The van der Waals surface area contributed by atoms with E-state index in [1.807, 2.05) is 25.9 Å². The van der Waals surface area contributed by atoms with Gasteiger partial charge in [0.15, 0.2) is 0 Å². The minimum absolute atomic E-state index is 0.0734. The van der Waals surface area contributed by atoms with Gasteiger partial charge in [-0.15, -0.1) is 0 Å². The Morgan fingerprint density at radius 2 is 2.09 bits per heavy atom. The molecule has 0 saturated carbocycles. The fourth-order valence-electron chi connectivity index (χ4n) is 3.08. The standard InChI is InChI=1S/C18H20O4/c1-10-5-6-15(13(4)20)11(2)8-16-17(14(7-10)9-19)12(3)18(21)22-16/h5,8,15-17H,3,6-7H2,1-2,4H3/b10-5+,11-8+/t15?,16-,17+/m0/s1. The first kappa shape index (κ1) is 16.2. The molecule has 1 heterocycles. The molecule has 0 amide bonds. The Labute approximate surface area is 130 Å². The summed E-state index contributed by atoms with van der Waals surface area (Å²) in [6, 6.07) is 0. The fourth-order valence-corrected chi connectivity index (χ4v) is 3.08. The minimum atomic E-state index is -0.579. The molecule has 2 aliphatic rings. The van der Waals surface area contributed by atoms with Gasteiger partial charge in [0.2, 0.25) is 0 Å². The summed E-state index contributed by atoms with van der Waals surface area (Å²) in [5, 5.41) is 0. The maximum Gasteiger partial charge on any atom is 0.334 e. The summed E-state index contributed by atoms with van der Waals surface area (Å²) in [6.07, 6.45) is 4.17. The molecule has 0 spiro atoms. The first-order chi connectivity index (χ1) is 10.3. The first-order valence-corrected chi connectivity index (χ1v) is 7.33. The molecule has 0 N–H and O–H groups in total. The van der Waals surface area contributed by atoms with Crippen LogP contribution < -0.4 is 0 Å². The fraction of sp³-hybridized carbons (Fsp3) is 0.444. The number of rotatable bonds is 1. The molecule has 1 aliphatic carbocycles. The molecule has 1 saturated heterocycles. The number of fused-ring (bicyclic) bond motifs is 1. The van der Waals surface area contributed by atoms with Crippen LogP contribution in [0.4, 0.5) is 0 Å². The van der Waals surface area contributed by atoms with Crippen molar-refractivity contribution in [2.45, 2.75) is 39.7 Å². The molecule has 1 fully saturated rings. The number of ketones is 1. The van der Waals surface area contributed by atoms with Crippen molar-refractivity contribution in [3.05, 3.63) is 41.0 Å². The van der Waals surface area contributed by atoms with Crippen molar-refractivity contribution in [1.82, 2.24) is 0 Å². The second kappa shape index (κ2) is 6.29. The van der Waals surface area contributed by atoms with Gasteiger partial charge in [-0.25, -0.2) is 9.59 Å². The lowest BCUT2D eigenvalue weighted by Gasteiger charge is -2.21. The predicted octanol–water partition coefficient (Wildman–Crippen LogP) is 2.73. The number of carbonyl (C=O) groups excluding carboxylic acids is 3. The highest BCUT2D eigenvalue weighted by atomic mass is 16.5. The molecule has 4 heteroatoms. The summed E-state index contributed by atoms with van der Waals surface area (Å²) in [5.74, 6) is 0.815. The third kappa shape index (κ3) is 3.02. The lowest BCUT2D eigenvalue weighted by atomic mass is 9.82. The summed E-state index contributed by atoms with van der Waals surface area (Å²) in [7, 11) is 0.